The number of nitrogens with two attached hydrogens (primary N) is 1. The van der Waals surface area contributed by atoms with E-state index >= 15 is 0 Å². The third-order valence-electron chi connectivity index (χ3n) is 5.73. The number of allylic oxidation sites excluding steroid dienone is 1. The summed E-state index contributed by atoms with van der Waals surface area (Å²) in [5.41, 5.74) is 7.64. The predicted octanol–water partition coefficient (Wildman–Crippen LogP) is 4.06. The second-order valence-electron chi connectivity index (χ2n) is 10.2. The maximum atomic E-state index is 12.2. The smallest absolute Gasteiger partial charge is 0.258 e. The van der Waals surface area contributed by atoms with Crippen LogP contribution in [-0.2, 0) is 9.53 Å². The number of rotatable bonds is 10. The molecular formula is C29H36N6O4. The van der Waals surface area contributed by atoms with Gasteiger partial charge in [-0.2, -0.15) is 0 Å². The molecule has 0 spiro atoms. The number of aromatic nitrogens is 2. The Bertz CT molecular complexity index is 1360. The van der Waals surface area contributed by atoms with Crippen molar-refractivity contribution >= 4 is 28.8 Å². The molecule has 0 radical (unpaired) electrons. The number of hydrogen-bond acceptors (Lipinski definition) is 9. The third kappa shape index (κ3) is 7.90. The van der Waals surface area contributed by atoms with Crippen LogP contribution in [0.1, 0.15) is 34.1 Å². The highest BCUT2D eigenvalue weighted by molar-refractivity contribution is 5.95. The Balaban J connectivity index is 1.64. The molecule has 1 amide bonds. The van der Waals surface area contributed by atoms with Crippen LogP contribution >= 0.6 is 0 Å². The van der Waals surface area contributed by atoms with E-state index in [9.17, 15) is 4.79 Å². The number of benzene rings is 2. The fourth-order valence-electron chi connectivity index (χ4n) is 4.00. The van der Waals surface area contributed by atoms with Crippen LogP contribution < -0.4 is 25.8 Å². The summed E-state index contributed by atoms with van der Waals surface area (Å²) in [4.78, 5) is 26.4. The van der Waals surface area contributed by atoms with Gasteiger partial charge in [-0.15, -0.1) is 0 Å². The monoisotopic (exact) mass is 532 g/mol. The summed E-state index contributed by atoms with van der Waals surface area (Å²) in [7, 11) is 0. The van der Waals surface area contributed by atoms with Gasteiger partial charge in [0.25, 0.3) is 5.91 Å². The summed E-state index contributed by atoms with van der Waals surface area (Å²) >= 11 is 0. The third-order valence-corrected chi connectivity index (χ3v) is 5.73. The minimum absolute atomic E-state index is 0.0949. The van der Waals surface area contributed by atoms with Crippen LogP contribution in [0.3, 0.4) is 0 Å². The normalized spacial score (nSPS) is 16.0. The molecule has 2 aromatic carbocycles. The molecule has 10 heteroatoms. The first-order chi connectivity index (χ1) is 18.7. The average molecular weight is 533 g/mol. The molecule has 0 saturated carbocycles. The standard InChI is InChI=1S/C29H36N6O4/c1-5-38-23-9-10-25-24(14-23)28(32-21(15-30)16-31-20-11-12-37-17-20)34-27(33-25)19-7-6-8-22(13-19)39-18-26(36)35-29(2,3)4/h6-10,13-16,20H,5,11-12,17-18,30H2,1-4H3,(H,35,36)(H,32,33,34). The molecular weight excluding hydrogens is 496 g/mol. The van der Waals surface area contributed by atoms with Crippen LogP contribution in [0, 0.1) is 0 Å². The summed E-state index contributed by atoms with van der Waals surface area (Å²) in [6, 6.07) is 13.1. The molecule has 10 nitrogen and oxygen atoms in total. The van der Waals surface area contributed by atoms with E-state index in [2.05, 4.69) is 15.6 Å². The molecule has 1 aliphatic heterocycles. The van der Waals surface area contributed by atoms with Crippen molar-refractivity contribution in [1.29, 1.82) is 0 Å². The Morgan fingerprint density at radius 3 is 2.72 bits per heavy atom. The molecule has 4 rings (SSSR count). The fraction of sp³-hybridized carbons (Fsp3) is 0.379. The van der Waals surface area contributed by atoms with Crippen LogP contribution in [0.2, 0.25) is 0 Å². The molecule has 1 saturated heterocycles. The molecule has 0 aliphatic carbocycles. The van der Waals surface area contributed by atoms with Crippen molar-refractivity contribution in [2.45, 2.75) is 45.7 Å². The number of fused-ring (bicyclic) bond motifs is 1. The van der Waals surface area contributed by atoms with Gasteiger partial charge in [-0.1, -0.05) is 12.1 Å². The Morgan fingerprint density at radius 2 is 2.00 bits per heavy atom. The van der Waals surface area contributed by atoms with Crippen LogP contribution in [0.15, 0.2) is 59.4 Å². The van der Waals surface area contributed by atoms with Gasteiger partial charge in [-0.25, -0.2) is 9.97 Å². The van der Waals surface area contributed by atoms with Gasteiger partial charge in [-0.05, 0) is 64.4 Å². The van der Waals surface area contributed by atoms with Crippen LogP contribution in [0.4, 0.5) is 5.82 Å². The Kier molecular flexibility index (Phi) is 8.98. The van der Waals surface area contributed by atoms with Gasteiger partial charge in [0.15, 0.2) is 12.4 Å². The van der Waals surface area contributed by atoms with Crippen LogP contribution in [0.25, 0.3) is 22.3 Å². The summed E-state index contributed by atoms with van der Waals surface area (Å²) in [5, 5.41) is 6.97. The molecule has 1 fully saturated rings. The average Bonchev–Trinajstić information content (AvgIpc) is 3.43. The summed E-state index contributed by atoms with van der Waals surface area (Å²) in [5.74, 6) is 2.09. The van der Waals surface area contributed by atoms with Gasteiger partial charge in [-0.3, -0.25) is 9.79 Å². The van der Waals surface area contributed by atoms with Crippen LogP contribution in [-0.4, -0.2) is 60.1 Å². The number of nitrogens with zero attached hydrogens (tertiary/aromatic N) is 3. The van der Waals surface area contributed by atoms with Crippen molar-refractivity contribution in [1.82, 2.24) is 15.3 Å². The van der Waals surface area contributed by atoms with E-state index in [0.29, 0.717) is 48.7 Å². The van der Waals surface area contributed by atoms with E-state index in [0.717, 1.165) is 22.9 Å². The van der Waals surface area contributed by atoms with Crippen LogP contribution in [0.5, 0.6) is 11.5 Å². The Hall–Kier alpha value is -4.18. The topological polar surface area (TPSA) is 133 Å². The van der Waals surface area contributed by atoms with Crippen molar-refractivity contribution in [3.63, 3.8) is 0 Å². The Morgan fingerprint density at radius 1 is 1.18 bits per heavy atom. The van der Waals surface area contributed by atoms with E-state index in [-0.39, 0.29) is 24.1 Å². The van der Waals surface area contributed by atoms with Crippen molar-refractivity contribution in [3.8, 4) is 22.9 Å². The largest absolute Gasteiger partial charge is 0.494 e. The first kappa shape index (κ1) is 27.8. The molecule has 206 valence electrons. The van der Waals surface area contributed by atoms with Gasteiger partial charge in [0.2, 0.25) is 0 Å². The van der Waals surface area contributed by atoms with Gasteiger partial charge in [0.1, 0.15) is 17.3 Å². The highest BCUT2D eigenvalue weighted by Gasteiger charge is 2.16. The zero-order valence-corrected chi connectivity index (χ0v) is 22.9. The van der Waals surface area contributed by atoms with E-state index in [1.54, 1.807) is 12.3 Å². The second-order valence-corrected chi connectivity index (χ2v) is 10.2. The zero-order valence-electron chi connectivity index (χ0n) is 22.9. The number of ether oxygens (including phenoxy) is 3. The lowest BCUT2D eigenvalue weighted by Crippen LogP contribution is -2.43. The van der Waals surface area contributed by atoms with E-state index in [1.807, 2.05) is 64.1 Å². The van der Waals surface area contributed by atoms with Gasteiger partial charge in [0.05, 0.1) is 30.5 Å². The lowest BCUT2D eigenvalue weighted by atomic mass is 10.1. The van der Waals surface area contributed by atoms with Crippen molar-refractivity contribution in [3.05, 3.63) is 54.4 Å². The number of carbonyl (C=O) groups is 1. The number of amides is 1. The summed E-state index contributed by atoms with van der Waals surface area (Å²) < 4.78 is 16.9. The lowest BCUT2D eigenvalue weighted by Gasteiger charge is -2.20. The molecule has 4 N–H and O–H groups in total. The van der Waals surface area contributed by atoms with Crippen molar-refractivity contribution < 1.29 is 19.0 Å². The minimum Gasteiger partial charge on any atom is -0.494 e. The molecule has 3 aromatic rings. The number of aliphatic imine (C=N–C) groups is 1. The maximum absolute atomic E-state index is 12.2. The molecule has 1 aliphatic rings. The number of carbonyl (C=O) groups excluding carboxylic acids is 1. The number of hydrogen-bond donors (Lipinski definition) is 3. The van der Waals surface area contributed by atoms with Gasteiger partial charge >= 0.3 is 0 Å². The second kappa shape index (κ2) is 12.6. The van der Waals surface area contributed by atoms with E-state index in [1.165, 1.54) is 6.20 Å². The SMILES string of the molecule is CCOc1ccc2nc(-c3cccc(OCC(=O)NC(C)(C)C)c3)nc(NC(C=NC3CCOC3)=CN)c2c1. The summed E-state index contributed by atoms with van der Waals surface area (Å²) in [6.07, 6.45) is 4.04. The molecule has 2 heterocycles. The summed E-state index contributed by atoms with van der Waals surface area (Å²) in [6.45, 7) is 9.46. The first-order valence-corrected chi connectivity index (χ1v) is 13.0. The predicted molar refractivity (Wildman–Crippen MR) is 153 cm³/mol. The number of nitrogens with one attached hydrogen (secondary N) is 2. The van der Waals surface area contributed by atoms with Gasteiger partial charge < -0.3 is 30.6 Å². The minimum atomic E-state index is -0.334. The fourth-order valence-corrected chi connectivity index (χ4v) is 4.00. The number of anilines is 1. The maximum Gasteiger partial charge on any atom is 0.258 e. The van der Waals surface area contributed by atoms with E-state index in [4.69, 9.17) is 29.9 Å². The first-order valence-electron chi connectivity index (χ1n) is 13.0. The molecule has 1 aromatic heterocycles. The molecule has 1 unspecified atom stereocenters. The molecule has 1 atom stereocenters. The van der Waals surface area contributed by atoms with Crippen molar-refractivity contribution in [2.24, 2.45) is 10.7 Å². The lowest BCUT2D eigenvalue weighted by molar-refractivity contribution is -0.124. The van der Waals surface area contributed by atoms with Crippen molar-refractivity contribution in [2.75, 3.05) is 31.7 Å². The highest BCUT2D eigenvalue weighted by Crippen LogP contribution is 2.30. The molecule has 39 heavy (non-hydrogen) atoms. The van der Waals surface area contributed by atoms with E-state index < -0.39 is 0 Å². The molecule has 0 bridgehead atoms. The quantitative estimate of drug-likeness (QED) is 0.333. The Labute approximate surface area is 228 Å². The zero-order chi connectivity index (χ0) is 27.8. The van der Waals surface area contributed by atoms with Gasteiger partial charge in [0, 0.05) is 35.5 Å². The highest BCUT2D eigenvalue weighted by atomic mass is 16.5.